The van der Waals surface area contributed by atoms with Crippen LogP contribution in [0.5, 0.6) is 0 Å². The smallest absolute Gasteiger partial charge is 0.227 e. The fraction of sp³-hybridized carbons (Fsp3) is 0.611. The largest absolute Gasteiger partial charge is 0.373 e. The summed E-state index contributed by atoms with van der Waals surface area (Å²) in [7, 11) is 1.84. The first-order valence-electron chi connectivity index (χ1n) is 9.54. The summed E-state index contributed by atoms with van der Waals surface area (Å²) in [6.07, 6.45) is 3.65. The maximum Gasteiger partial charge on any atom is 0.227 e. The van der Waals surface area contributed by atoms with Gasteiger partial charge in [0.2, 0.25) is 17.7 Å². The molecule has 2 aliphatic rings. The number of nitrogens with one attached hydrogen (secondary N) is 1. The first kappa shape index (κ1) is 18.6. The van der Waals surface area contributed by atoms with Crippen molar-refractivity contribution in [3.05, 3.63) is 24.0 Å². The standard InChI is InChI=1S/C18H25N7O3/c1-13-21-15(23-28-13)12-25-9-10-27-18(11-16(25)26)4-7-24(8-5-18)17-20-6-3-14(19-2)22-17/h3,6H,4-5,7-12H2,1-2H3,(H,19,20,22). The Labute approximate surface area is 163 Å². The number of carbonyl (C=O) groups excluding carboxylic acids is 1. The third-order valence-corrected chi connectivity index (χ3v) is 5.35. The molecular weight excluding hydrogens is 362 g/mol. The Morgan fingerprint density at radius 1 is 1.25 bits per heavy atom. The maximum absolute atomic E-state index is 12.8. The summed E-state index contributed by atoms with van der Waals surface area (Å²) in [5.74, 6) is 2.59. The zero-order valence-corrected chi connectivity index (χ0v) is 16.2. The molecule has 0 aromatic carbocycles. The number of piperidine rings is 1. The van der Waals surface area contributed by atoms with Gasteiger partial charge in [-0.25, -0.2) is 4.98 Å². The van der Waals surface area contributed by atoms with Gasteiger partial charge in [0.1, 0.15) is 5.82 Å². The van der Waals surface area contributed by atoms with Crippen LogP contribution in [-0.2, 0) is 16.1 Å². The Hall–Kier alpha value is -2.75. The van der Waals surface area contributed by atoms with E-state index in [-0.39, 0.29) is 5.91 Å². The van der Waals surface area contributed by atoms with Crippen LogP contribution in [-0.4, -0.2) is 69.8 Å². The molecule has 0 atom stereocenters. The van der Waals surface area contributed by atoms with Crippen LogP contribution in [0.4, 0.5) is 11.8 Å². The molecule has 10 heteroatoms. The lowest BCUT2D eigenvalue weighted by molar-refractivity contribution is -0.134. The highest BCUT2D eigenvalue weighted by atomic mass is 16.5. The summed E-state index contributed by atoms with van der Waals surface area (Å²) in [5, 5.41) is 6.92. The van der Waals surface area contributed by atoms with E-state index in [2.05, 4.69) is 30.3 Å². The van der Waals surface area contributed by atoms with Crippen LogP contribution in [0.3, 0.4) is 0 Å². The minimum Gasteiger partial charge on any atom is -0.373 e. The van der Waals surface area contributed by atoms with Crippen molar-refractivity contribution in [2.75, 3.05) is 43.5 Å². The van der Waals surface area contributed by atoms with Crippen molar-refractivity contribution in [2.45, 2.75) is 38.3 Å². The van der Waals surface area contributed by atoms with E-state index in [4.69, 9.17) is 9.26 Å². The summed E-state index contributed by atoms with van der Waals surface area (Å²) < 4.78 is 11.2. The van der Waals surface area contributed by atoms with Gasteiger partial charge in [-0.15, -0.1) is 0 Å². The molecule has 0 saturated carbocycles. The van der Waals surface area contributed by atoms with Crippen molar-refractivity contribution in [1.82, 2.24) is 25.0 Å². The lowest BCUT2D eigenvalue weighted by atomic mass is 9.87. The summed E-state index contributed by atoms with van der Waals surface area (Å²) in [4.78, 5) is 29.8. The SMILES string of the molecule is CNc1ccnc(N2CCC3(CC2)CC(=O)N(Cc2noc(C)n2)CCO3)n1. The van der Waals surface area contributed by atoms with E-state index in [9.17, 15) is 4.79 Å². The molecule has 2 saturated heterocycles. The second-order valence-electron chi connectivity index (χ2n) is 7.23. The van der Waals surface area contributed by atoms with Gasteiger partial charge in [0.15, 0.2) is 5.82 Å². The highest BCUT2D eigenvalue weighted by Gasteiger charge is 2.41. The van der Waals surface area contributed by atoms with Gasteiger partial charge in [0.05, 0.1) is 25.2 Å². The number of carbonyl (C=O) groups is 1. The van der Waals surface area contributed by atoms with E-state index in [1.165, 1.54) is 0 Å². The zero-order valence-electron chi connectivity index (χ0n) is 16.2. The Morgan fingerprint density at radius 3 is 2.79 bits per heavy atom. The Morgan fingerprint density at radius 2 is 2.07 bits per heavy atom. The molecule has 0 unspecified atom stereocenters. The fourth-order valence-electron chi connectivity index (χ4n) is 3.75. The third-order valence-electron chi connectivity index (χ3n) is 5.35. The van der Waals surface area contributed by atoms with E-state index >= 15 is 0 Å². The summed E-state index contributed by atoms with van der Waals surface area (Å²) in [6.45, 7) is 4.64. The van der Waals surface area contributed by atoms with Crippen molar-refractivity contribution in [2.24, 2.45) is 0 Å². The van der Waals surface area contributed by atoms with Gasteiger partial charge in [-0.05, 0) is 18.9 Å². The average Bonchev–Trinajstić information content (AvgIpc) is 3.06. The lowest BCUT2D eigenvalue weighted by Crippen LogP contribution is -2.47. The zero-order chi connectivity index (χ0) is 19.6. The van der Waals surface area contributed by atoms with E-state index in [1.807, 2.05) is 13.1 Å². The molecule has 2 aromatic heterocycles. The molecule has 0 aliphatic carbocycles. The summed E-state index contributed by atoms with van der Waals surface area (Å²) in [5.41, 5.74) is -0.421. The Bertz CT molecular complexity index is 832. The van der Waals surface area contributed by atoms with Crippen LogP contribution >= 0.6 is 0 Å². The van der Waals surface area contributed by atoms with Crippen LogP contribution in [0.2, 0.25) is 0 Å². The highest BCUT2D eigenvalue weighted by Crippen LogP contribution is 2.33. The van der Waals surface area contributed by atoms with Gasteiger partial charge < -0.3 is 24.4 Å². The molecule has 4 rings (SSSR count). The monoisotopic (exact) mass is 387 g/mol. The molecule has 1 spiro atoms. The molecular formula is C18H25N7O3. The van der Waals surface area contributed by atoms with Crippen molar-refractivity contribution in [3.63, 3.8) is 0 Å². The van der Waals surface area contributed by atoms with Crippen molar-refractivity contribution < 1.29 is 14.1 Å². The van der Waals surface area contributed by atoms with Gasteiger partial charge in [0.25, 0.3) is 0 Å². The van der Waals surface area contributed by atoms with E-state index in [1.54, 1.807) is 18.0 Å². The topological polar surface area (TPSA) is 110 Å². The molecule has 28 heavy (non-hydrogen) atoms. The van der Waals surface area contributed by atoms with Gasteiger partial charge in [-0.3, -0.25) is 4.79 Å². The van der Waals surface area contributed by atoms with Crippen molar-refractivity contribution >= 4 is 17.7 Å². The number of hydrogen-bond donors (Lipinski definition) is 1. The first-order chi connectivity index (χ1) is 13.6. The first-order valence-corrected chi connectivity index (χ1v) is 9.54. The number of aryl methyl sites for hydroxylation is 1. The number of anilines is 2. The summed E-state index contributed by atoms with van der Waals surface area (Å²) in [6, 6.07) is 1.84. The molecule has 0 radical (unpaired) electrons. The predicted octanol–water partition coefficient (Wildman–Crippen LogP) is 0.998. The number of rotatable bonds is 4. The Balaban J connectivity index is 1.39. The third kappa shape index (κ3) is 3.91. The average molecular weight is 387 g/mol. The quantitative estimate of drug-likeness (QED) is 0.821. The predicted molar refractivity (Wildman–Crippen MR) is 101 cm³/mol. The lowest BCUT2D eigenvalue weighted by Gasteiger charge is -2.40. The van der Waals surface area contributed by atoms with E-state index in [0.717, 1.165) is 31.7 Å². The number of amides is 1. The molecule has 150 valence electrons. The van der Waals surface area contributed by atoms with Crippen LogP contribution < -0.4 is 10.2 Å². The van der Waals surface area contributed by atoms with Crippen LogP contribution in [0.15, 0.2) is 16.8 Å². The van der Waals surface area contributed by atoms with Crippen molar-refractivity contribution in [3.8, 4) is 0 Å². The molecule has 2 aromatic rings. The van der Waals surface area contributed by atoms with Crippen LogP contribution in [0.25, 0.3) is 0 Å². The number of aromatic nitrogens is 4. The minimum absolute atomic E-state index is 0.0711. The molecule has 0 bridgehead atoms. The minimum atomic E-state index is -0.421. The van der Waals surface area contributed by atoms with Gasteiger partial charge in [0, 0.05) is 39.8 Å². The molecule has 4 heterocycles. The second kappa shape index (κ2) is 7.70. The second-order valence-corrected chi connectivity index (χ2v) is 7.23. The van der Waals surface area contributed by atoms with Crippen LogP contribution in [0, 0.1) is 6.92 Å². The Kier molecular flexibility index (Phi) is 5.12. The summed E-state index contributed by atoms with van der Waals surface area (Å²) >= 11 is 0. The van der Waals surface area contributed by atoms with Crippen LogP contribution in [0.1, 0.15) is 31.0 Å². The normalized spacial score (nSPS) is 19.7. The number of hydrogen-bond acceptors (Lipinski definition) is 9. The molecule has 1 amide bonds. The highest BCUT2D eigenvalue weighted by molar-refractivity contribution is 5.77. The number of ether oxygens (including phenoxy) is 1. The molecule has 2 fully saturated rings. The van der Waals surface area contributed by atoms with E-state index < -0.39 is 5.60 Å². The fourth-order valence-corrected chi connectivity index (χ4v) is 3.75. The van der Waals surface area contributed by atoms with Gasteiger partial charge in [-0.1, -0.05) is 5.16 Å². The molecule has 2 aliphatic heterocycles. The van der Waals surface area contributed by atoms with Gasteiger partial charge in [-0.2, -0.15) is 9.97 Å². The number of nitrogens with zero attached hydrogens (tertiary/aromatic N) is 6. The van der Waals surface area contributed by atoms with Crippen molar-refractivity contribution in [1.29, 1.82) is 0 Å². The van der Waals surface area contributed by atoms with E-state index in [0.29, 0.717) is 43.8 Å². The molecule has 1 N–H and O–H groups in total. The van der Waals surface area contributed by atoms with Gasteiger partial charge >= 0.3 is 0 Å². The molecule has 10 nitrogen and oxygen atoms in total. The maximum atomic E-state index is 12.8.